The Labute approximate surface area is 240 Å². The number of nitrogens with one attached hydrogen (secondary N) is 1. The summed E-state index contributed by atoms with van der Waals surface area (Å²) in [6.45, 7) is -2.01. The lowest BCUT2D eigenvalue weighted by molar-refractivity contribution is -0.356. The largest absolute Gasteiger partial charge is 0.459 e. The van der Waals surface area contributed by atoms with Gasteiger partial charge in [-0.25, -0.2) is 0 Å². The minimum Gasteiger partial charge on any atom is -0.350 e. The first-order chi connectivity index (χ1) is 20.2. The van der Waals surface area contributed by atoms with E-state index in [4.69, 9.17) is 0 Å². The number of benzene rings is 2. The van der Waals surface area contributed by atoms with Crippen LogP contribution in [-0.2, 0) is 16.6 Å². The summed E-state index contributed by atoms with van der Waals surface area (Å²) in [4.78, 5) is 27.3. The number of hydrogen-bond acceptors (Lipinski definition) is 3. The molecule has 2 aliphatic heterocycles. The van der Waals surface area contributed by atoms with Crippen LogP contribution < -0.4 is 5.32 Å². The van der Waals surface area contributed by atoms with Crippen molar-refractivity contribution < 1.29 is 40.3 Å². The molecule has 0 atom stereocenters. The zero-order chi connectivity index (χ0) is 30.9. The Morgan fingerprint density at radius 1 is 0.767 bits per heavy atom. The van der Waals surface area contributed by atoms with Gasteiger partial charge in [-0.3, -0.25) is 19.8 Å². The summed E-state index contributed by atoms with van der Waals surface area (Å²) in [6, 6.07) is 14.3. The van der Waals surface area contributed by atoms with Crippen LogP contribution in [0.3, 0.4) is 0 Å². The SMILES string of the molecule is Cn1cc(C2=C(c3cn(C4CCN(CC(F)(F)C(F)(F)C(F)(F)F)CC4)c4ccccc34)C(=O)NC2=O)c2ccccc21. The van der Waals surface area contributed by atoms with Gasteiger partial charge >= 0.3 is 18.0 Å². The van der Waals surface area contributed by atoms with Gasteiger partial charge in [0.15, 0.2) is 0 Å². The Bertz CT molecular complexity index is 1790. The highest BCUT2D eigenvalue weighted by atomic mass is 19.4. The number of aromatic nitrogens is 2. The fraction of sp³-hybridized carbons (Fsp3) is 0.333. The molecule has 2 aromatic carbocycles. The zero-order valence-corrected chi connectivity index (χ0v) is 22.7. The number of likely N-dealkylation sites (tertiary alicyclic amines) is 1. The van der Waals surface area contributed by atoms with Gasteiger partial charge in [-0.2, -0.15) is 30.7 Å². The van der Waals surface area contributed by atoms with E-state index in [0.717, 1.165) is 15.8 Å². The summed E-state index contributed by atoms with van der Waals surface area (Å²) < 4.78 is 96.5. The van der Waals surface area contributed by atoms with Crippen molar-refractivity contribution in [1.29, 1.82) is 0 Å². The number of carbonyl (C=O) groups excluding carboxylic acids is 2. The van der Waals surface area contributed by atoms with Crippen molar-refractivity contribution in [3.63, 3.8) is 0 Å². The van der Waals surface area contributed by atoms with Crippen LogP contribution in [0.4, 0.5) is 30.7 Å². The van der Waals surface area contributed by atoms with Crippen molar-refractivity contribution in [2.75, 3.05) is 19.6 Å². The number of aryl methyl sites for hydroxylation is 1. The summed E-state index contributed by atoms with van der Waals surface area (Å²) in [5.41, 5.74) is 3.03. The predicted molar refractivity (Wildman–Crippen MR) is 145 cm³/mol. The Balaban J connectivity index is 1.35. The quantitative estimate of drug-likeness (QED) is 0.211. The number of para-hydroxylation sites is 2. The van der Waals surface area contributed by atoms with E-state index in [2.05, 4.69) is 5.32 Å². The van der Waals surface area contributed by atoms with E-state index in [1.807, 2.05) is 40.4 Å². The van der Waals surface area contributed by atoms with Crippen molar-refractivity contribution in [3.8, 4) is 0 Å². The van der Waals surface area contributed by atoms with E-state index < -0.39 is 36.4 Å². The Morgan fingerprint density at radius 3 is 1.86 bits per heavy atom. The van der Waals surface area contributed by atoms with Crippen molar-refractivity contribution in [2.24, 2.45) is 7.05 Å². The Morgan fingerprint density at radius 2 is 1.28 bits per heavy atom. The monoisotopic (exact) mass is 606 g/mol. The predicted octanol–water partition coefficient (Wildman–Crippen LogP) is 6.17. The number of amides is 2. The highest BCUT2D eigenvalue weighted by Crippen LogP contribution is 2.47. The van der Waals surface area contributed by atoms with Crippen molar-refractivity contribution in [2.45, 2.75) is 36.9 Å². The number of halogens is 7. The molecule has 4 aromatic rings. The van der Waals surface area contributed by atoms with E-state index in [1.54, 1.807) is 36.7 Å². The molecule has 6 nitrogen and oxygen atoms in total. The molecule has 226 valence electrons. The van der Waals surface area contributed by atoms with Gasteiger partial charge in [-0.05, 0) is 25.0 Å². The second-order valence-electron chi connectivity index (χ2n) is 11.0. The third-order valence-electron chi connectivity index (χ3n) is 8.30. The summed E-state index contributed by atoms with van der Waals surface area (Å²) in [6.07, 6.45) is -2.50. The first kappa shape index (κ1) is 29.0. The van der Waals surface area contributed by atoms with E-state index in [-0.39, 0.29) is 43.1 Å². The van der Waals surface area contributed by atoms with Crippen molar-refractivity contribution in [1.82, 2.24) is 19.4 Å². The highest BCUT2D eigenvalue weighted by Gasteiger charge is 2.73. The standard InChI is InChI=1S/C30H25F7N4O2/c1-39-14-20(18-6-2-4-8-22(18)39)24-25(27(43)38-26(24)42)21-15-41(23-9-5-3-7-19(21)23)17-10-12-40(13-11-17)16-28(31,32)29(33,34)30(35,36)37/h2-9,14-15,17H,10-13,16H2,1H3,(H,38,42,43). The van der Waals surface area contributed by atoms with Gasteiger partial charge in [0.25, 0.3) is 11.8 Å². The minimum absolute atomic E-state index is 0.140. The number of rotatable bonds is 6. The van der Waals surface area contributed by atoms with Gasteiger partial charge in [0.1, 0.15) is 0 Å². The number of fused-ring (bicyclic) bond motifs is 2. The molecule has 2 amide bonds. The van der Waals surface area contributed by atoms with Gasteiger partial charge in [0, 0.05) is 71.5 Å². The van der Waals surface area contributed by atoms with E-state index in [1.165, 1.54) is 0 Å². The van der Waals surface area contributed by atoms with E-state index in [0.29, 0.717) is 22.0 Å². The molecule has 0 bridgehead atoms. The van der Waals surface area contributed by atoms with Crippen LogP contribution in [-0.4, -0.2) is 63.5 Å². The van der Waals surface area contributed by atoms with Crippen LogP contribution in [0.1, 0.15) is 30.0 Å². The second kappa shape index (κ2) is 9.97. The number of imide groups is 1. The van der Waals surface area contributed by atoms with Gasteiger partial charge in [-0.1, -0.05) is 36.4 Å². The van der Waals surface area contributed by atoms with Crippen LogP contribution in [0, 0.1) is 0 Å². The second-order valence-corrected chi connectivity index (χ2v) is 11.0. The number of hydrogen-bond donors (Lipinski definition) is 1. The normalized spacial score (nSPS) is 18.0. The Hall–Kier alpha value is -4.13. The van der Waals surface area contributed by atoms with Crippen LogP contribution in [0.15, 0.2) is 60.9 Å². The fourth-order valence-electron chi connectivity index (χ4n) is 6.16. The molecule has 43 heavy (non-hydrogen) atoms. The molecule has 0 unspecified atom stereocenters. The molecule has 0 radical (unpaired) electrons. The first-order valence-electron chi connectivity index (χ1n) is 13.5. The summed E-state index contributed by atoms with van der Waals surface area (Å²) in [7, 11) is 1.83. The van der Waals surface area contributed by atoms with Crippen molar-refractivity contribution >= 4 is 44.8 Å². The lowest BCUT2D eigenvalue weighted by Gasteiger charge is -2.37. The summed E-state index contributed by atoms with van der Waals surface area (Å²) in [5.74, 6) is -12.6. The van der Waals surface area contributed by atoms with Gasteiger partial charge < -0.3 is 9.13 Å². The Kier molecular flexibility index (Phi) is 6.71. The van der Waals surface area contributed by atoms with Gasteiger partial charge in [0.2, 0.25) is 0 Å². The number of carbonyl (C=O) groups is 2. The molecule has 1 fully saturated rings. The molecule has 1 N–H and O–H groups in total. The number of alkyl halides is 7. The minimum atomic E-state index is -6.37. The lowest BCUT2D eigenvalue weighted by Crippen LogP contribution is -2.57. The molecular formula is C30H25F7N4O2. The first-order valence-corrected chi connectivity index (χ1v) is 13.5. The van der Waals surface area contributed by atoms with Gasteiger partial charge in [0.05, 0.1) is 17.7 Å². The molecule has 6 rings (SSSR count). The zero-order valence-electron chi connectivity index (χ0n) is 22.7. The number of piperidine rings is 1. The van der Waals surface area contributed by atoms with Crippen LogP contribution in [0.5, 0.6) is 0 Å². The summed E-state index contributed by atoms with van der Waals surface area (Å²) >= 11 is 0. The average molecular weight is 607 g/mol. The van der Waals surface area contributed by atoms with E-state index in [9.17, 15) is 40.3 Å². The average Bonchev–Trinajstić information content (AvgIpc) is 3.58. The molecule has 0 saturated carbocycles. The molecule has 2 aliphatic rings. The maximum Gasteiger partial charge on any atom is 0.459 e. The molecule has 0 aliphatic carbocycles. The van der Waals surface area contributed by atoms with Crippen LogP contribution in [0.25, 0.3) is 33.0 Å². The fourth-order valence-corrected chi connectivity index (χ4v) is 6.16. The third kappa shape index (κ3) is 4.60. The molecule has 1 saturated heterocycles. The molecule has 2 aromatic heterocycles. The topological polar surface area (TPSA) is 59.3 Å². The number of nitrogens with zero attached hydrogens (tertiary/aromatic N) is 3. The lowest BCUT2D eigenvalue weighted by atomic mass is 9.95. The maximum absolute atomic E-state index is 14.0. The summed E-state index contributed by atoms with van der Waals surface area (Å²) in [5, 5.41) is 3.85. The molecule has 4 heterocycles. The van der Waals surface area contributed by atoms with Gasteiger partial charge in [-0.15, -0.1) is 0 Å². The molecular weight excluding hydrogens is 581 g/mol. The molecule has 13 heteroatoms. The van der Waals surface area contributed by atoms with E-state index >= 15 is 0 Å². The smallest absolute Gasteiger partial charge is 0.350 e. The van der Waals surface area contributed by atoms with Crippen LogP contribution in [0.2, 0.25) is 0 Å². The van der Waals surface area contributed by atoms with Crippen LogP contribution >= 0.6 is 0 Å². The van der Waals surface area contributed by atoms with Crippen molar-refractivity contribution in [3.05, 3.63) is 72.1 Å². The highest BCUT2D eigenvalue weighted by molar-refractivity contribution is 6.50. The third-order valence-corrected chi connectivity index (χ3v) is 8.30. The maximum atomic E-state index is 14.0. The molecule has 0 spiro atoms.